The number of hydrogen-bond acceptors (Lipinski definition) is 4. The van der Waals surface area contributed by atoms with Gasteiger partial charge in [0.15, 0.2) is 0 Å². The average Bonchev–Trinajstić information content (AvgIpc) is 2.45. The first-order chi connectivity index (χ1) is 9.61. The zero-order valence-electron chi connectivity index (χ0n) is 11.6. The molecule has 0 radical (unpaired) electrons. The van der Waals surface area contributed by atoms with Crippen molar-refractivity contribution >= 4 is 39.1 Å². The Labute approximate surface area is 132 Å². The maximum Gasteiger partial charge on any atom is 0.134 e. The minimum Gasteiger partial charge on any atom is -0.497 e. The number of thioether (sulfide) groups is 1. The number of ether oxygens (including phenoxy) is 1. The molecule has 0 bridgehead atoms. The number of hydrogen-bond donors (Lipinski definition) is 1. The monoisotopic (exact) mass is 329 g/mol. The van der Waals surface area contributed by atoms with Crippen LogP contribution in [0.25, 0.3) is 0 Å². The Morgan fingerprint density at radius 3 is 2.75 bits per heavy atom. The number of benzene rings is 1. The molecule has 6 heteroatoms. The summed E-state index contributed by atoms with van der Waals surface area (Å²) < 4.78 is 16.7. The average molecular weight is 330 g/mol. The maximum absolute atomic E-state index is 10.8. The molecule has 20 heavy (non-hydrogen) atoms. The molecule has 0 heterocycles. The van der Waals surface area contributed by atoms with Crippen molar-refractivity contribution < 1.29 is 8.95 Å². The predicted octanol–water partition coefficient (Wildman–Crippen LogP) is 3.09. The minimum absolute atomic E-state index is 0.766. The number of thiocarbonyl (C=S) groups is 1. The number of nitrogens with one attached hydrogen (secondary N) is 1. The molecule has 0 aliphatic heterocycles. The summed E-state index contributed by atoms with van der Waals surface area (Å²) in [5.41, 5.74) is 1.21. The van der Waals surface area contributed by atoms with Crippen molar-refractivity contribution in [1.82, 2.24) is 5.32 Å². The molecule has 0 spiro atoms. The van der Waals surface area contributed by atoms with Gasteiger partial charge in [-0.05, 0) is 29.5 Å². The summed E-state index contributed by atoms with van der Waals surface area (Å²) in [5.74, 6) is 1.70. The standard InChI is InChI=1S/C14H19NO2S3/c1-17-13-7-5-12(6-8-13)11-19-14(18)15-9-3-4-10-20(2)16/h4-8,10H,3,9,11H2,1-2H3,(H,15,18)/b10-4+. The van der Waals surface area contributed by atoms with E-state index in [1.54, 1.807) is 30.5 Å². The zero-order chi connectivity index (χ0) is 14.8. The fourth-order valence-electron chi connectivity index (χ4n) is 1.38. The highest BCUT2D eigenvalue weighted by Crippen LogP contribution is 2.16. The fraction of sp³-hybridized carbons (Fsp3) is 0.357. The Morgan fingerprint density at radius 2 is 2.15 bits per heavy atom. The second kappa shape index (κ2) is 9.96. The Morgan fingerprint density at radius 1 is 1.45 bits per heavy atom. The van der Waals surface area contributed by atoms with Gasteiger partial charge in [-0.25, -0.2) is 0 Å². The molecule has 1 N–H and O–H groups in total. The lowest BCUT2D eigenvalue weighted by atomic mass is 10.2. The fourth-order valence-corrected chi connectivity index (χ4v) is 2.76. The molecule has 1 atom stereocenters. The van der Waals surface area contributed by atoms with Crippen LogP contribution in [0.5, 0.6) is 5.75 Å². The zero-order valence-corrected chi connectivity index (χ0v) is 14.1. The summed E-state index contributed by atoms with van der Waals surface area (Å²) in [6.45, 7) is 0.766. The third-order valence-corrected chi connectivity index (χ3v) is 4.36. The van der Waals surface area contributed by atoms with Gasteiger partial charge in [0, 0.05) is 29.4 Å². The first-order valence-corrected chi connectivity index (χ1v) is 9.16. The van der Waals surface area contributed by atoms with Crippen molar-refractivity contribution in [1.29, 1.82) is 0 Å². The summed E-state index contributed by atoms with van der Waals surface area (Å²) in [5, 5.41) is 4.86. The molecule has 0 amide bonds. The van der Waals surface area contributed by atoms with Crippen LogP contribution in [0.1, 0.15) is 12.0 Å². The van der Waals surface area contributed by atoms with E-state index in [-0.39, 0.29) is 0 Å². The maximum atomic E-state index is 10.8. The van der Waals surface area contributed by atoms with Gasteiger partial charge in [-0.1, -0.05) is 42.2 Å². The van der Waals surface area contributed by atoms with E-state index in [4.69, 9.17) is 17.0 Å². The van der Waals surface area contributed by atoms with E-state index in [9.17, 15) is 4.21 Å². The van der Waals surface area contributed by atoms with Crippen LogP contribution >= 0.6 is 24.0 Å². The summed E-state index contributed by atoms with van der Waals surface area (Å²) >= 11 is 6.85. The van der Waals surface area contributed by atoms with Gasteiger partial charge in [-0.2, -0.15) is 0 Å². The van der Waals surface area contributed by atoms with Gasteiger partial charge in [-0.3, -0.25) is 4.21 Å². The lowest BCUT2D eigenvalue weighted by molar-refractivity contribution is 0.414. The third-order valence-electron chi connectivity index (χ3n) is 2.40. The normalized spacial score (nSPS) is 12.3. The molecule has 0 saturated heterocycles. The van der Waals surface area contributed by atoms with Crippen molar-refractivity contribution in [2.24, 2.45) is 0 Å². The van der Waals surface area contributed by atoms with E-state index in [0.717, 1.165) is 28.8 Å². The van der Waals surface area contributed by atoms with Crippen molar-refractivity contribution in [3.8, 4) is 5.75 Å². The van der Waals surface area contributed by atoms with Crippen LogP contribution in [-0.2, 0) is 16.6 Å². The molecule has 1 aromatic rings. The predicted molar refractivity (Wildman–Crippen MR) is 92.7 cm³/mol. The molecule has 3 nitrogen and oxygen atoms in total. The van der Waals surface area contributed by atoms with Gasteiger partial charge in [-0.15, -0.1) is 0 Å². The van der Waals surface area contributed by atoms with Crippen molar-refractivity contribution in [2.75, 3.05) is 19.9 Å². The molecule has 0 aromatic heterocycles. The van der Waals surface area contributed by atoms with Gasteiger partial charge in [0.05, 0.1) is 7.11 Å². The molecule has 0 aliphatic rings. The van der Waals surface area contributed by atoms with Crippen LogP contribution in [0.3, 0.4) is 0 Å². The summed E-state index contributed by atoms with van der Waals surface area (Å²) in [6.07, 6.45) is 4.38. The third kappa shape index (κ3) is 7.67. The van der Waals surface area contributed by atoms with Crippen LogP contribution in [0, 0.1) is 0 Å². The topological polar surface area (TPSA) is 38.3 Å². The number of methoxy groups -OCH3 is 1. The van der Waals surface area contributed by atoms with Gasteiger partial charge in [0.2, 0.25) is 0 Å². The highest BCUT2D eigenvalue weighted by Gasteiger charge is 1.99. The van der Waals surface area contributed by atoms with Gasteiger partial charge >= 0.3 is 0 Å². The molecule has 0 saturated carbocycles. The smallest absolute Gasteiger partial charge is 0.134 e. The Balaban J connectivity index is 2.20. The van der Waals surface area contributed by atoms with Gasteiger partial charge in [0.1, 0.15) is 10.1 Å². The molecule has 110 valence electrons. The quantitative estimate of drug-likeness (QED) is 0.615. The molecule has 1 rings (SSSR count). The SMILES string of the molecule is COc1ccc(CSC(=S)NCC/C=C/S(C)=O)cc1. The highest BCUT2D eigenvalue weighted by molar-refractivity contribution is 8.22. The largest absolute Gasteiger partial charge is 0.497 e. The van der Waals surface area contributed by atoms with Gasteiger partial charge in [0.25, 0.3) is 0 Å². The summed E-state index contributed by atoms with van der Waals surface area (Å²) in [7, 11) is 0.791. The lowest BCUT2D eigenvalue weighted by Gasteiger charge is -2.06. The summed E-state index contributed by atoms with van der Waals surface area (Å²) in [4.78, 5) is 0. The van der Waals surface area contributed by atoms with Crippen LogP contribution in [0.15, 0.2) is 35.7 Å². The van der Waals surface area contributed by atoms with Crippen molar-refractivity contribution in [2.45, 2.75) is 12.2 Å². The van der Waals surface area contributed by atoms with E-state index >= 15 is 0 Å². The number of rotatable bonds is 7. The van der Waals surface area contributed by atoms with Gasteiger partial charge < -0.3 is 10.1 Å². The Hall–Kier alpha value is -0.850. The van der Waals surface area contributed by atoms with E-state index in [1.165, 1.54) is 5.56 Å². The van der Waals surface area contributed by atoms with E-state index < -0.39 is 10.8 Å². The molecule has 1 aromatic carbocycles. The van der Waals surface area contributed by atoms with E-state index in [1.807, 2.05) is 30.3 Å². The minimum atomic E-state index is -0.868. The van der Waals surface area contributed by atoms with Crippen LogP contribution < -0.4 is 10.1 Å². The first-order valence-electron chi connectivity index (χ1n) is 6.14. The molecular formula is C14H19NO2S3. The second-order valence-electron chi connectivity index (χ2n) is 4.01. The summed E-state index contributed by atoms with van der Waals surface area (Å²) in [6, 6.07) is 7.96. The van der Waals surface area contributed by atoms with Crippen LogP contribution in [0.4, 0.5) is 0 Å². The van der Waals surface area contributed by atoms with Crippen LogP contribution in [0.2, 0.25) is 0 Å². The van der Waals surface area contributed by atoms with Crippen LogP contribution in [-0.4, -0.2) is 28.4 Å². The van der Waals surface area contributed by atoms with E-state index in [2.05, 4.69) is 5.32 Å². The van der Waals surface area contributed by atoms with Crippen molar-refractivity contribution in [3.63, 3.8) is 0 Å². The second-order valence-corrected chi connectivity index (χ2v) is 6.93. The lowest BCUT2D eigenvalue weighted by Crippen LogP contribution is -2.19. The Kier molecular flexibility index (Phi) is 8.57. The van der Waals surface area contributed by atoms with E-state index in [0.29, 0.717) is 0 Å². The Bertz CT molecular complexity index is 472. The first kappa shape index (κ1) is 17.2. The molecule has 1 unspecified atom stereocenters. The molecule has 0 fully saturated rings. The molecular weight excluding hydrogens is 310 g/mol. The molecule has 0 aliphatic carbocycles. The van der Waals surface area contributed by atoms with Crippen molar-refractivity contribution in [3.05, 3.63) is 41.3 Å². The highest BCUT2D eigenvalue weighted by atomic mass is 32.2.